The van der Waals surface area contributed by atoms with Crippen molar-refractivity contribution in [3.05, 3.63) is 76.7 Å². The largest absolute Gasteiger partial charge is 0.506 e. The highest BCUT2D eigenvalue weighted by Gasteiger charge is 2.31. The Labute approximate surface area is 190 Å². The number of aromatic nitrogens is 2. The maximum absolute atomic E-state index is 12.9. The summed E-state index contributed by atoms with van der Waals surface area (Å²) in [6.45, 7) is 0.403. The molecule has 2 aromatic heterocycles. The van der Waals surface area contributed by atoms with Crippen LogP contribution in [-0.4, -0.2) is 44.9 Å². The zero-order valence-corrected chi connectivity index (χ0v) is 18.1. The van der Waals surface area contributed by atoms with Gasteiger partial charge in [0.15, 0.2) is 0 Å². The standard InChI is InChI=1S/C23H23ClN4O4/c24-17-5-3-4-15(8-17)9-19-13-27-23(32-19)20-6-1-2-7-28(20)21(30)14-26-22(31)16-10-18(29)12-25-11-16/h3-5,8,10-13,20,29H,1-2,6-7,9,14H2,(H,26,31)/t20-/m1/s1. The fraction of sp³-hybridized carbons (Fsp3) is 0.304. The van der Waals surface area contributed by atoms with E-state index in [1.807, 2.05) is 24.3 Å². The molecular formula is C23H23ClN4O4. The van der Waals surface area contributed by atoms with Gasteiger partial charge < -0.3 is 19.7 Å². The molecule has 1 aliphatic rings. The maximum atomic E-state index is 12.9. The number of rotatable bonds is 6. The SMILES string of the molecule is O=C(NCC(=O)N1CCCC[C@@H]1c1ncc(Cc2cccc(Cl)c2)o1)c1cncc(O)c1. The van der Waals surface area contributed by atoms with E-state index in [0.29, 0.717) is 29.6 Å². The smallest absolute Gasteiger partial charge is 0.253 e. The normalized spacial score (nSPS) is 16.0. The molecule has 1 aromatic carbocycles. The van der Waals surface area contributed by atoms with Crippen LogP contribution in [0.3, 0.4) is 0 Å². The number of nitrogens with zero attached hydrogens (tertiary/aromatic N) is 3. The molecular weight excluding hydrogens is 432 g/mol. The summed E-state index contributed by atoms with van der Waals surface area (Å²) in [6, 6.07) is 8.57. The number of aromatic hydroxyl groups is 1. The Bertz CT molecular complexity index is 1120. The number of hydrogen-bond donors (Lipinski definition) is 2. The van der Waals surface area contributed by atoms with Crippen LogP contribution in [0.25, 0.3) is 0 Å². The summed E-state index contributed by atoms with van der Waals surface area (Å²) in [6.07, 6.45) is 7.39. The number of halogens is 1. The molecule has 1 aliphatic heterocycles. The van der Waals surface area contributed by atoms with Gasteiger partial charge in [-0.3, -0.25) is 14.6 Å². The van der Waals surface area contributed by atoms with E-state index >= 15 is 0 Å². The zero-order valence-electron chi connectivity index (χ0n) is 17.3. The lowest BCUT2D eigenvalue weighted by molar-refractivity contribution is -0.134. The van der Waals surface area contributed by atoms with Crippen molar-refractivity contribution in [2.75, 3.05) is 13.1 Å². The first-order valence-electron chi connectivity index (χ1n) is 10.4. The molecule has 3 heterocycles. The molecule has 3 aromatic rings. The van der Waals surface area contributed by atoms with Crippen molar-refractivity contribution in [2.24, 2.45) is 0 Å². The van der Waals surface area contributed by atoms with Gasteiger partial charge in [-0.15, -0.1) is 0 Å². The van der Waals surface area contributed by atoms with E-state index in [1.165, 1.54) is 18.5 Å². The van der Waals surface area contributed by atoms with Crippen molar-refractivity contribution in [3.8, 4) is 5.75 Å². The van der Waals surface area contributed by atoms with Gasteiger partial charge in [-0.2, -0.15) is 0 Å². The highest BCUT2D eigenvalue weighted by Crippen LogP contribution is 2.31. The van der Waals surface area contributed by atoms with Crippen molar-refractivity contribution in [1.29, 1.82) is 0 Å². The Morgan fingerprint density at radius 1 is 1.22 bits per heavy atom. The third-order valence-electron chi connectivity index (χ3n) is 5.33. The van der Waals surface area contributed by atoms with E-state index < -0.39 is 5.91 Å². The van der Waals surface area contributed by atoms with Gasteiger partial charge in [0.25, 0.3) is 5.91 Å². The Hall–Kier alpha value is -3.39. The minimum atomic E-state index is -0.477. The summed E-state index contributed by atoms with van der Waals surface area (Å²) in [7, 11) is 0. The number of carbonyl (C=O) groups is 2. The molecule has 0 unspecified atom stereocenters. The summed E-state index contributed by atoms with van der Waals surface area (Å²) in [5, 5.41) is 12.7. The van der Waals surface area contributed by atoms with Crippen LogP contribution in [0.2, 0.25) is 5.02 Å². The third kappa shape index (κ3) is 5.26. The fourth-order valence-electron chi connectivity index (χ4n) is 3.80. The van der Waals surface area contributed by atoms with Crippen LogP contribution in [0.1, 0.15) is 52.9 Å². The number of carbonyl (C=O) groups excluding carboxylic acids is 2. The van der Waals surface area contributed by atoms with Gasteiger partial charge in [0.1, 0.15) is 17.6 Å². The number of amides is 2. The summed E-state index contributed by atoms with van der Waals surface area (Å²) in [5.74, 6) is 0.391. The van der Waals surface area contributed by atoms with Gasteiger partial charge in [0.05, 0.1) is 24.5 Å². The van der Waals surface area contributed by atoms with Crippen LogP contribution in [0.4, 0.5) is 0 Å². The second-order valence-corrected chi connectivity index (χ2v) is 8.12. The molecule has 0 bridgehead atoms. The summed E-state index contributed by atoms with van der Waals surface area (Å²) in [5.41, 5.74) is 1.20. The Morgan fingerprint density at radius 3 is 2.91 bits per heavy atom. The van der Waals surface area contributed by atoms with Crippen molar-refractivity contribution < 1.29 is 19.1 Å². The number of hydrogen-bond acceptors (Lipinski definition) is 6. The number of nitrogens with one attached hydrogen (secondary N) is 1. The number of oxazole rings is 1. The second kappa shape index (κ2) is 9.82. The van der Waals surface area contributed by atoms with Crippen LogP contribution < -0.4 is 5.32 Å². The first kappa shape index (κ1) is 21.8. The molecule has 0 spiro atoms. The maximum Gasteiger partial charge on any atom is 0.253 e. The number of benzene rings is 1. The van der Waals surface area contributed by atoms with E-state index in [4.69, 9.17) is 16.0 Å². The van der Waals surface area contributed by atoms with Gasteiger partial charge in [-0.25, -0.2) is 4.98 Å². The second-order valence-electron chi connectivity index (χ2n) is 7.68. The van der Waals surface area contributed by atoms with Crippen LogP contribution in [-0.2, 0) is 11.2 Å². The van der Waals surface area contributed by atoms with Crippen molar-refractivity contribution >= 4 is 23.4 Å². The predicted molar refractivity (Wildman–Crippen MR) is 117 cm³/mol. The van der Waals surface area contributed by atoms with E-state index in [0.717, 1.165) is 24.8 Å². The Kier molecular flexibility index (Phi) is 6.70. The number of likely N-dealkylation sites (tertiary alicyclic amines) is 1. The minimum Gasteiger partial charge on any atom is -0.506 e. The quantitative estimate of drug-likeness (QED) is 0.590. The molecule has 0 saturated carbocycles. The molecule has 8 nitrogen and oxygen atoms in total. The number of piperidine rings is 1. The van der Waals surface area contributed by atoms with Crippen molar-refractivity contribution in [3.63, 3.8) is 0 Å². The van der Waals surface area contributed by atoms with Crippen molar-refractivity contribution in [1.82, 2.24) is 20.2 Å². The molecule has 32 heavy (non-hydrogen) atoms. The van der Waals surface area contributed by atoms with Gasteiger partial charge in [0, 0.05) is 24.2 Å². The van der Waals surface area contributed by atoms with Crippen LogP contribution in [0.5, 0.6) is 5.75 Å². The highest BCUT2D eigenvalue weighted by atomic mass is 35.5. The zero-order chi connectivity index (χ0) is 22.5. The van der Waals surface area contributed by atoms with Gasteiger partial charge in [0.2, 0.25) is 11.8 Å². The van der Waals surface area contributed by atoms with E-state index in [9.17, 15) is 14.7 Å². The lowest BCUT2D eigenvalue weighted by Crippen LogP contribution is -2.44. The Morgan fingerprint density at radius 2 is 2.09 bits per heavy atom. The van der Waals surface area contributed by atoms with Crippen LogP contribution >= 0.6 is 11.6 Å². The van der Waals surface area contributed by atoms with Crippen LogP contribution in [0.15, 0.2) is 53.3 Å². The fourth-order valence-corrected chi connectivity index (χ4v) is 4.02. The van der Waals surface area contributed by atoms with Crippen LogP contribution in [0, 0.1) is 0 Å². The summed E-state index contributed by atoms with van der Waals surface area (Å²) in [4.78, 5) is 35.1. The lowest BCUT2D eigenvalue weighted by atomic mass is 10.0. The van der Waals surface area contributed by atoms with Gasteiger partial charge >= 0.3 is 0 Å². The molecule has 2 N–H and O–H groups in total. The van der Waals surface area contributed by atoms with Gasteiger partial charge in [-0.1, -0.05) is 23.7 Å². The third-order valence-corrected chi connectivity index (χ3v) is 5.57. The predicted octanol–water partition coefficient (Wildman–Crippen LogP) is 3.50. The first-order valence-corrected chi connectivity index (χ1v) is 10.8. The molecule has 166 valence electrons. The topological polar surface area (TPSA) is 109 Å². The first-order chi connectivity index (χ1) is 15.5. The lowest BCUT2D eigenvalue weighted by Gasteiger charge is -2.33. The van der Waals surface area contributed by atoms with Gasteiger partial charge in [-0.05, 0) is 43.0 Å². The minimum absolute atomic E-state index is 0.113. The molecule has 1 atom stereocenters. The van der Waals surface area contributed by atoms with Crippen molar-refractivity contribution in [2.45, 2.75) is 31.7 Å². The highest BCUT2D eigenvalue weighted by molar-refractivity contribution is 6.30. The average molecular weight is 455 g/mol. The molecule has 0 radical (unpaired) electrons. The molecule has 4 rings (SSSR count). The molecule has 0 aliphatic carbocycles. The van der Waals surface area contributed by atoms with E-state index in [2.05, 4.69) is 15.3 Å². The molecule has 2 amide bonds. The number of pyridine rings is 1. The average Bonchev–Trinajstić information content (AvgIpc) is 3.25. The van der Waals surface area contributed by atoms with E-state index in [1.54, 1.807) is 11.1 Å². The monoisotopic (exact) mass is 454 g/mol. The Balaban J connectivity index is 1.40. The summed E-state index contributed by atoms with van der Waals surface area (Å²) >= 11 is 6.05. The molecule has 9 heteroatoms. The molecule has 1 fully saturated rings. The molecule has 1 saturated heterocycles. The summed E-state index contributed by atoms with van der Waals surface area (Å²) < 4.78 is 5.98. The van der Waals surface area contributed by atoms with E-state index in [-0.39, 0.29) is 29.8 Å².